The molecule has 4 heterocycles. The molecule has 27 heavy (non-hydrogen) atoms. The fourth-order valence-corrected chi connectivity index (χ4v) is 3.47. The van der Waals surface area contributed by atoms with Crippen LogP contribution >= 0.6 is 0 Å². The maximum absolute atomic E-state index is 6.09. The number of aromatic nitrogens is 5. The average molecular weight is 367 g/mol. The molecule has 0 spiro atoms. The predicted octanol–water partition coefficient (Wildman–Crippen LogP) is 1.97. The number of nitrogens with zero attached hydrogens (tertiary/aromatic N) is 7. The average Bonchev–Trinajstić information content (AvgIpc) is 3.22. The second-order valence-electron chi connectivity index (χ2n) is 6.92. The fraction of sp³-hybridized carbons (Fsp3) is 0.421. The Morgan fingerprint density at radius 2 is 1.93 bits per heavy atom. The second kappa shape index (κ2) is 7.40. The summed E-state index contributed by atoms with van der Waals surface area (Å²) in [5, 5.41) is 8.83. The SMILES string of the molecule is Cc1nn(C)c(Oc2cccnc2)c1CN1CCN(c2cnn(C)c2)CC1. The van der Waals surface area contributed by atoms with Gasteiger partial charge in [-0.15, -0.1) is 0 Å². The topological polar surface area (TPSA) is 64.2 Å². The predicted molar refractivity (Wildman–Crippen MR) is 103 cm³/mol. The van der Waals surface area contributed by atoms with Crippen molar-refractivity contribution < 1.29 is 4.74 Å². The molecule has 142 valence electrons. The van der Waals surface area contributed by atoms with Gasteiger partial charge in [-0.25, -0.2) is 4.68 Å². The number of hydrogen-bond donors (Lipinski definition) is 0. The van der Waals surface area contributed by atoms with E-state index in [0.717, 1.165) is 55.6 Å². The lowest BCUT2D eigenvalue weighted by molar-refractivity contribution is 0.246. The summed E-state index contributed by atoms with van der Waals surface area (Å²) in [5.41, 5.74) is 3.33. The molecule has 4 rings (SSSR count). The Kier molecular flexibility index (Phi) is 4.81. The van der Waals surface area contributed by atoms with E-state index in [9.17, 15) is 0 Å². The first-order valence-electron chi connectivity index (χ1n) is 9.16. The molecule has 1 aliphatic rings. The van der Waals surface area contributed by atoms with Crippen molar-refractivity contribution in [3.8, 4) is 11.6 Å². The number of ether oxygens (including phenoxy) is 1. The van der Waals surface area contributed by atoms with E-state index < -0.39 is 0 Å². The molecule has 0 aromatic carbocycles. The summed E-state index contributed by atoms with van der Waals surface area (Å²) in [7, 11) is 3.87. The van der Waals surface area contributed by atoms with E-state index in [-0.39, 0.29) is 0 Å². The van der Waals surface area contributed by atoms with Gasteiger partial charge < -0.3 is 9.64 Å². The highest BCUT2D eigenvalue weighted by molar-refractivity contribution is 5.43. The van der Waals surface area contributed by atoms with Gasteiger partial charge in [-0.1, -0.05) is 0 Å². The van der Waals surface area contributed by atoms with Crippen molar-refractivity contribution in [1.29, 1.82) is 0 Å². The van der Waals surface area contributed by atoms with Gasteiger partial charge in [0.2, 0.25) is 5.88 Å². The van der Waals surface area contributed by atoms with Crippen molar-refractivity contribution in [2.24, 2.45) is 14.1 Å². The van der Waals surface area contributed by atoms with E-state index in [2.05, 4.69) is 31.2 Å². The van der Waals surface area contributed by atoms with Gasteiger partial charge in [0.05, 0.1) is 29.3 Å². The molecule has 3 aromatic rings. The Morgan fingerprint density at radius 1 is 1.11 bits per heavy atom. The molecule has 0 atom stereocenters. The molecule has 1 fully saturated rings. The van der Waals surface area contributed by atoms with Crippen LogP contribution in [0, 0.1) is 6.92 Å². The van der Waals surface area contributed by atoms with Crippen LogP contribution in [-0.2, 0) is 20.6 Å². The summed E-state index contributed by atoms with van der Waals surface area (Å²) < 4.78 is 9.74. The highest BCUT2D eigenvalue weighted by Gasteiger charge is 2.22. The minimum atomic E-state index is 0.725. The highest BCUT2D eigenvalue weighted by Crippen LogP contribution is 2.28. The van der Waals surface area contributed by atoms with Crippen LogP contribution in [0.3, 0.4) is 0 Å². The van der Waals surface area contributed by atoms with Crippen LogP contribution in [-0.4, -0.2) is 55.6 Å². The molecule has 0 unspecified atom stereocenters. The molecule has 0 saturated carbocycles. The zero-order valence-corrected chi connectivity index (χ0v) is 16.0. The first kappa shape index (κ1) is 17.5. The largest absolute Gasteiger partial charge is 0.437 e. The molecule has 0 radical (unpaired) electrons. The third-order valence-electron chi connectivity index (χ3n) is 4.95. The Morgan fingerprint density at radius 3 is 2.59 bits per heavy atom. The normalized spacial score (nSPS) is 15.3. The van der Waals surface area contributed by atoms with Gasteiger partial charge in [0, 0.05) is 59.2 Å². The molecule has 0 bridgehead atoms. The first-order valence-corrected chi connectivity index (χ1v) is 9.16. The van der Waals surface area contributed by atoms with E-state index in [1.54, 1.807) is 12.4 Å². The second-order valence-corrected chi connectivity index (χ2v) is 6.92. The number of hydrogen-bond acceptors (Lipinski definition) is 6. The third-order valence-corrected chi connectivity index (χ3v) is 4.95. The number of piperazine rings is 1. The van der Waals surface area contributed by atoms with Gasteiger partial charge >= 0.3 is 0 Å². The van der Waals surface area contributed by atoms with Crippen molar-refractivity contribution >= 4 is 5.69 Å². The van der Waals surface area contributed by atoms with Gasteiger partial charge in [-0.05, 0) is 19.1 Å². The van der Waals surface area contributed by atoms with E-state index in [0.29, 0.717) is 0 Å². The summed E-state index contributed by atoms with van der Waals surface area (Å²) >= 11 is 0. The molecule has 0 aliphatic carbocycles. The first-order chi connectivity index (χ1) is 13.1. The Hall–Kier alpha value is -2.87. The molecule has 1 saturated heterocycles. The standard InChI is InChI=1S/C19H25N7O/c1-15-18(19(24(3)22-15)27-17-5-4-6-20-12-17)14-25-7-9-26(10-8-25)16-11-21-23(2)13-16/h4-6,11-13H,7-10,14H2,1-3H3. The molecule has 0 N–H and O–H groups in total. The fourth-order valence-electron chi connectivity index (χ4n) is 3.47. The van der Waals surface area contributed by atoms with Crippen LogP contribution in [0.15, 0.2) is 36.9 Å². The number of anilines is 1. The van der Waals surface area contributed by atoms with E-state index in [1.165, 1.54) is 5.69 Å². The van der Waals surface area contributed by atoms with E-state index >= 15 is 0 Å². The van der Waals surface area contributed by atoms with Crippen LogP contribution in [0.25, 0.3) is 0 Å². The molecule has 0 amide bonds. The molecule has 3 aromatic heterocycles. The zero-order chi connectivity index (χ0) is 18.8. The van der Waals surface area contributed by atoms with Gasteiger partial charge in [-0.3, -0.25) is 14.6 Å². The minimum absolute atomic E-state index is 0.725. The minimum Gasteiger partial charge on any atom is -0.437 e. The van der Waals surface area contributed by atoms with Crippen molar-refractivity contribution in [3.63, 3.8) is 0 Å². The summed E-state index contributed by atoms with van der Waals surface area (Å²) in [5.74, 6) is 1.51. The quantitative estimate of drug-likeness (QED) is 0.687. The smallest absolute Gasteiger partial charge is 0.222 e. The Bertz CT molecular complexity index is 894. The van der Waals surface area contributed by atoms with E-state index in [4.69, 9.17) is 4.74 Å². The number of rotatable bonds is 5. The monoisotopic (exact) mass is 367 g/mol. The number of pyridine rings is 1. The summed E-state index contributed by atoms with van der Waals surface area (Å²) in [6.07, 6.45) is 7.46. The van der Waals surface area contributed by atoms with Crippen LogP contribution in [0.4, 0.5) is 5.69 Å². The van der Waals surface area contributed by atoms with Gasteiger partial charge in [0.15, 0.2) is 0 Å². The highest BCUT2D eigenvalue weighted by atomic mass is 16.5. The van der Waals surface area contributed by atoms with Crippen molar-refractivity contribution in [1.82, 2.24) is 29.4 Å². The molecular formula is C19H25N7O. The maximum Gasteiger partial charge on any atom is 0.222 e. The van der Waals surface area contributed by atoms with Crippen molar-refractivity contribution in [2.45, 2.75) is 13.5 Å². The lowest BCUT2D eigenvalue weighted by Crippen LogP contribution is -2.45. The van der Waals surface area contributed by atoms with Crippen molar-refractivity contribution in [3.05, 3.63) is 48.2 Å². The van der Waals surface area contributed by atoms with Crippen LogP contribution in [0.1, 0.15) is 11.3 Å². The van der Waals surface area contributed by atoms with Gasteiger partial charge in [0.25, 0.3) is 0 Å². The Balaban J connectivity index is 1.44. The zero-order valence-electron chi connectivity index (χ0n) is 16.0. The lowest BCUT2D eigenvalue weighted by atomic mass is 10.2. The van der Waals surface area contributed by atoms with E-state index in [1.807, 2.05) is 48.7 Å². The van der Waals surface area contributed by atoms with Gasteiger partial charge in [-0.2, -0.15) is 10.2 Å². The summed E-state index contributed by atoms with van der Waals surface area (Å²) in [6, 6.07) is 3.78. The van der Waals surface area contributed by atoms with Crippen LogP contribution in [0.2, 0.25) is 0 Å². The molecular weight excluding hydrogens is 342 g/mol. The maximum atomic E-state index is 6.09. The summed E-state index contributed by atoms with van der Waals surface area (Å²) in [6.45, 7) is 6.84. The number of aryl methyl sites for hydroxylation is 3. The lowest BCUT2D eigenvalue weighted by Gasteiger charge is -2.35. The summed E-state index contributed by atoms with van der Waals surface area (Å²) in [4.78, 5) is 8.96. The van der Waals surface area contributed by atoms with Crippen LogP contribution < -0.4 is 9.64 Å². The molecule has 1 aliphatic heterocycles. The van der Waals surface area contributed by atoms with Crippen molar-refractivity contribution in [2.75, 3.05) is 31.1 Å². The van der Waals surface area contributed by atoms with Gasteiger partial charge in [0.1, 0.15) is 5.75 Å². The van der Waals surface area contributed by atoms with Crippen LogP contribution in [0.5, 0.6) is 11.6 Å². The Labute approximate surface area is 159 Å². The molecule has 8 heteroatoms. The molecule has 8 nitrogen and oxygen atoms in total. The third kappa shape index (κ3) is 3.80.